The van der Waals surface area contributed by atoms with Crippen molar-refractivity contribution >= 4 is 39.8 Å². The highest BCUT2D eigenvalue weighted by atomic mass is 32.1. The number of anilines is 1. The van der Waals surface area contributed by atoms with E-state index < -0.39 is 0 Å². The number of thiazole rings is 1. The molecule has 0 saturated heterocycles. The number of nitrogens with zero attached hydrogens (tertiary/aromatic N) is 1. The van der Waals surface area contributed by atoms with Gasteiger partial charge in [-0.05, 0) is 23.6 Å². The predicted molar refractivity (Wildman–Crippen MR) is 89.5 cm³/mol. The number of thiophene rings is 1. The van der Waals surface area contributed by atoms with Crippen LogP contribution in [0.3, 0.4) is 0 Å². The van der Waals surface area contributed by atoms with Crippen LogP contribution in [0.4, 0.5) is 9.52 Å². The van der Waals surface area contributed by atoms with Crippen LogP contribution in [0.1, 0.15) is 5.56 Å². The third-order valence-electron chi connectivity index (χ3n) is 2.83. The zero-order valence-corrected chi connectivity index (χ0v) is 13.0. The molecule has 22 heavy (non-hydrogen) atoms. The van der Waals surface area contributed by atoms with Crippen LogP contribution in [0.2, 0.25) is 0 Å². The Morgan fingerprint density at radius 2 is 2.05 bits per heavy atom. The number of rotatable bonds is 4. The molecule has 3 rings (SSSR count). The van der Waals surface area contributed by atoms with Gasteiger partial charge in [0, 0.05) is 17.0 Å². The molecule has 3 aromatic rings. The van der Waals surface area contributed by atoms with Gasteiger partial charge in [-0.2, -0.15) is 0 Å². The minimum absolute atomic E-state index is 0.338. The molecule has 0 radical (unpaired) electrons. The Bertz CT molecular complexity index is 809. The second kappa shape index (κ2) is 6.64. The Labute approximate surface area is 134 Å². The van der Waals surface area contributed by atoms with Gasteiger partial charge in [-0.25, -0.2) is 9.37 Å². The Kier molecular flexibility index (Phi) is 4.41. The summed E-state index contributed by atoms with van der Waals surface area (Å²) < 4.78 is 13.4. The number of aromatic nitrogens is 1. The van der Waals surface area contributed by atoms with Crippen molar-refractivity contribution in [3.8, 4) is 10.6 Å². The highest BCUT2D eigenvalue weighted by Gasteiger charge is 2.07. The quantitative estimate of drug-likeness (QED) is 0.707. The van der Waals surface area contributed by atoms with Crippen molar-refractivity contribution in [3.63, 3.8) is 0 Å². The largest absolute Gasteiger partial charge is 0.298 e. The minimum Gasteiger partial charge on any atom is -0.298 e. The fourth-order valence-electron chi connectivity index (χ4n) is 1.79. The Morgan fingerprint density at radius 3 is 2.82 bits per heavy atom. The summed E-state index contributed by atoms with van der Waals surface area (Å²) >= 11 is 2.95. The van der Waals surface area contributed by atoms with Crippen LogP contribution in [0.15, 0.2) is 53.2 Å². The first kappa shape index (κ1) is 14.6. The van der Waals surface area contributed by atoms with Gasteiger partial charge in [-0.1, -0.05) is 24.3 Å². The fraction of sp³-hybridized carbons (Fsp3) is 0. The van der Waals surface area contributed by atoms with Gasteiger partial charge < -0.3 is 0 Å². The molecule has 3 nitrogen and oxygen atoms in total. The van der Waals surface area contributed by atoms with E-state index in [2.05, 4.69) is 10.3 Å². The maximum absolute atomic E-state index is 13.4. The van der Waals surface area contributed by atoms with Gasteiger partial charge in [-0.3, -0.25) is 10.1 Å². The summed E-state index contributed by atoms with van der Waals surface area (Å²) in [5, 5.41) is 7.06. The second-order valence-corrected chi connectivity index (χ2v) is 6.17. The average Bonchev–Trinajstić information content (AvgIpc) is 3.17. The monoisotopic (exact) mass is 330 g/mol. The van der Waals surface area contributed by atoms with Gasteiger partial charge >= 0.3 is 0 Å². The summed E-state index contributed by atoms with van der Waals surface area (Å²) in [7, 11) is 0. The molecule has 0 aliphatic rings. The topological polar surface area (TPSA) is 42.0 Å². The van der Waals surface area contributed by atoms with Crippen LogP contribution < -0.4 is 5.32 Å². The highest BCUT2D eigenvalue weighted by molar-refractivity contribution is 7.16. The van der Waals surface area contributed by atoms with Crippen molar-refractivity contribution in [3.05, 3.63) is 64.6 Å². The molecule has 6 heteroatoms. The number of benzene rings is 1. The maximum Gasteiger partial charge on any atom is 0.250 e. The van der Waals surface area contributed by atoms with Crippen molar-refractivity contribution in [2.24, 2.45) is 0 Å². The lowest BCUT2D eigenvalue weighted by molar-refractivity contribution is -0.111. The molecule has 0 atom stereocenters. The number of hydrogen-bond acceptors (Lipinski definition) is 4. The number of halogens is 1. The molecule has 0 fully saturated rings. The third-order valence-corrected chi connectivity index (χ3v) is 4.48. The van der Waals surface area contributed by atoms with E-state index in [0.717, 1.165) is 10.6 Å². The van der Waals surface area contributed by atoms with Gasteiger partial charge in [0.1, 0.15) is 5.82 Å². The first-order chi connectivity index (χ1) is 10.7. The van der Waals surface area contributed by atoms with E-state index in [4.69, 9.17) is 0 Å². The van der Waals surface area contributed by atoms with Crippen LogP contribution in [-0.4, -0.2) is 10.9 Å². The fourth-order valence-corrected chi connectivity index (χ4v) is 3.27. The number of carbonyl (C=O) groups excluding carboxylic acids is 1. The zero-order chi connectivity index (χ0) is 15.4. The van der Waals surface area contributed by atoms with Crippen LogP contribution in [0.5, 0.6) is 0 Å². The molecule has 1 aromatic carbocycles. The molecule has 0 spiro atoms. The molecular formula is C16H11FN2OS2. The maximum atomic E-state index is 13.4. The number of nitrogens with one attached hydrogen (secondary N) is 1. The number of carbonyl (C=O) groups is 1. The summed E-state index contributed by atoms with van der Waals surface area (Å²) in [5.41, 5.74) is 1.21. The molecule has 0 aliphatic carbocycles. The lowest BCUT2D eigenvalue weighted by atomic mass is 10.2. The van der Waals surface area contributed by atoms with Gasteiger partial charge in [0.25, 0.3) is 0 Å². The minimum atomic E-state index is -0.360. The van der Waals surface area contributed by atoms with E-state index in [1.165, 1.54) is 29.6 Å². The summed E-state index contributed by atoms with van der Waals surface area (Å²) in [6, 6.07) is 10.2. The molecular weight excluding hydrogens is 319 g/mol. The molecule has 0 aliphatic heterocycles. The third kappa shape index (κ3) is 3.47. The molecule has 0 saturated carbocycles. The Morgan fingerprint density at radius 1 is 1.18 bits per heavy atom. The highest BCUT2D eigenvalue weighted by Crippen LogP contribution is 2.28. The Hall–Kier alpha value is -2.31. The summed E-state index contributed by atoms with van der Waals surface area (Å²) in [6.45, 7) is 0. The molecule has 0 unspecified atom stereocenters. The van der Waals surface area contributed by atoms with E-state index in [1.54, 1.807) is 29.5 Å². The second-order valence-electron chi connectivity index (χ2n) is 4.36. The van der Waals surface area contributed by atoms with Gasteiger partial charge in [0.2, 0.25) is 5.91 Å². The van der Waals surface area contributed by atoms with Crippen molar-refractivity contribution in [2.75, 3.05) is 5.32 Å². The van der Waals surface area contributed by atoms with E-state index in [9.17, 15) is 9.18 Å². The molecule has 2 heterocycles. The van der Waals surface area contributed by atoms with Crippen LogP contribution in [-0.2, 0) is 4.79 Å². The van der Waals surface area contributed by atoms with Crippen LogP contribution >= 0.6 is 22.7 Å². The first-order valence-electron chi connectivity index (χ1n) is 6.45. The van der Waals surface area contributed by atoms with Gasteiger partial charge in [0.05, 0.1) is 10.6 Å². The first-order valence-corrected chi connectivity index (χ1v) is 8.21. The molecule has 1 amide bonds. The van der Waals surface area contributed by atoms with Gasteiger partial charge in [-0.15, -0.1) is 22.7 Å². The van der Waals surface area contributed by atoms with Gasteiger partial charge in [0.15, 0.2) is 5.13 Å². The normalized spacial score (nSPS) is 11.0. The van der Waals surface area contributed by atoms with E-state index in [-0.39, 0.29) is 11.7 Å². The van der Waals surface area contributed by atoms with Crippen LogP contribution in [0, 0.1) is 5.82 Å². The summed E-state index contributed by atoms with van der Waals surface area (Å²) in [5.74, 6) is -0.698. The molecule has 1 N–H and O–H groups in total. The zero-order valence-electron chi connectivity index (χ0n) is 11.3. The lowest BCUT2D eigenvalue weighted by Crippen LogP contribution is -2.07. The Balaban J connectivity index is 1.66. The number of hydrogen-bond donors (Lipinski definition) is 1. The molecule has 0 bridgehead atoms. The van der Waals surface area contributed by atoms with E-state index >= 15 is 0 Å². The molecule has 110 valence electrons. The lowest BCUT2D eigenvalue weighted by Gasteiger charge is -1.97. The SMILES string of the molecule is O=C(/C=C/c1ccccc1F)Nc1nc(-c2cccs2)cs1. The number of amides is 1. The van der Waals surface area contributed by atoms with Crippen molar-refractivity contribution in [1.82, 2.24) is 4.98 Å². The van der Waals surface area contributed by atoms with Crippen molar-refractivity contribution in [2.45, 2.75) is 0 Å². The van der Waals surface area contributed by atoms with Crippen molar-refractivity contribution < 1.29 is 9.18 Å². The standard InChI is InChI=1S/C16H11FN2OS2/c17-12-5-2-1-4-11(12)7-8-15(20)19-16-18-13(10-22-16)14-6-3-9-21-14/h1-10H,(H,18,19,20)/b8-7+. The van der Waals surface area contributed by atoms with Crippen LogP contribution in [0.25, 0.3) is 16.6 Å². The predicted octanol–water partition coefficient (Wildman–Crippen LogP) is 4.66. The van der Waals surface area contributed by atoms with Crippen molar-refractivity contribution in [1.29, 1.82) is 0 Å². The average molecular weight is 330 g/mol. The smallest absolute Gasteiger partial charge is 0.250 e. The molecule has 2 aromatic heterocycles. The summed E-state index contributed by atoms with van der Waals surface area (Å²) in [6.07, 6.45) is 2.74. The van der Waals surface area contributed by atoms with E-state index in [0.29, 0.717) is 10.7 Å². The van der Waals surface area contributed by atoms with E-state index in [1.807, 2.05) is 22.9 Å². The summed E-state index contributed by atoms with van der Waals surface area (Å²) in [4.78, 5) is 17.3.